The first-order valence-electron chi connectivity index (χ1n) is 10.5. The van der Waals surface area contributed by atoms with Gasteiger partial charge in [0.1, 0.15) is 5.75 Å². The molecule has 1 aliphatic heterocycles. The van der Waals surface area contributed by atoms with Gasteiger partial charge in [0.15, 0.2) is 0 Å². The van der Waals surface area contributed by atoms with Crippen LogP contribution in [0.15, 0.2) is 47.4 Å². The number of hydrogen-bond acceptors (Lipinski definition) is 4. The minimum atomic E-state index is -3.59. The van der Waals surface area contributed by atoms with Crippen molar-refractivity contribution in [1.29, 1.82) is 0 Å². The van der Waals surface area contributed by atoms with Crippen LogP contribution in [0.5, 0.6) is 5.75 Å². The highest BCUT2D eigenvalue weighted by atomic mass is 32.2. The molecule has 162 valence electrons. The molecule has 2 aromatic carbocycles. The maximum absolute atomic E-state index is 13.0. The van der Waals surface area contributed by atoms with Crippen molar-refractivity contribution in [3.8, 4) is 5.75 Å². The van der Waals surface area contributed by atoms with E-state index in [4.69, 9.17) is 4.74 Å². The Bertz CT molecular complexity index is 996. The Hall–Kier alpha value is -2.38. The number of hydrogen-bond donors (Lipinski definition) is 1. The zero-order valence-electron chi connectivity index (χ0n) is 17.8. The lowest BCUT2D eigenvalue weighted by Gasteiger charge is -2.30. The van der Waals surface area contributed by atoms with Crippen LogP contribution in [-0.4, -0.2) is 38.3 Å². The highest BCUT2D eigenvalue weighted by molar-refractivity contribution is 7.89. The van der Waals surface area contributed by atoms with Crippen LogP contribution in [0.25, 0.3) is 0 Å². The van der Waals surface area contributed by atoms with Crippen LogP contribution in [0.4, 0.5) is 5.69 Å². The largest absolute Gasteiger partial charge is 0.494 e. The molecule has 0 aromatic heterocycles. The number of aryl methyl sites for hydroxylation is 2. The Labute approximate surface area is 179 Å². The van der Waals surface area contributed by atoms with Crippen LogP contribution in [-0.2, 0) is 21.2 Å². The van der Waals surface area contributed by atoms with E-state index in [-0.39, 0.29) is 16.7 Å². The van der Waals surface area contributed by atoms with Crippen molar-refractivity contribution in [3.05, 3.63) is 53.6 Å². The average molecular weight is 431 g/mol. The summed E-state index contributed by atoms with van der Waals surface area (Å²) in [6.45, 7) is 6.99. The molecule has 1 heterocycles. The smallest absolute Gasteiger partial charge is 0.243 e. The molecule has 7 heteroatoms. The molecular weight excluding hydrogens is 400 g/mol. The molecule has 0 saturated carbocycles. The Morgan fingerprint density at radius 3 is 2.47 bits per heavy atom. The summed E-state index contributed by atoms with van der Waals surface area (Å²) in [6.07, 6.45) is 1.86. The summed E-state index contributed by atoms with van der Waals surface area (Å²) in [5.74, 6) is 0.465. The number of nitrogens with zero attached hydrogens (tertiary/aromatic N) is 1. The maximum Gasteiger partial charge on any atom is 0.243 e. The monoisotopic (exact) mass is 430 g/mol. The molecule has 1 aliphatic rings. The standard InChI is InChI=1S/C23H30N2O4S/c1-4-18-8-6-7-9-21(18)24-23(26)19-12-14-25(15-13-19)30(27,28)20-10-11-22(29-5-2)17(3)16-20/h6-11,16,19H,4-5,12-15H2,1-3H3,(H,24,26). The van der Waals surface area contributed by atoms with Crippen LogP contribution < -0.4 is 10.1 Å². The van der Waals surface area contributed by atoms with E-state index in [9.17, 15) is 13.2 Å². The number of carbonyl (C=O) groups excluding carboxylic acids is 1. The highest BCUT2D eigenvalue weighted by Gasteiger charge is 2.32. The first-order valence-corrected chi connectivity index (χ1v) is 11.9. The second-order valence-electron chi connectivity index (χ2n) is 7.54. The number of ether oxygens (including phenoxy) is 1. The van der Waals surface area contributed by atoms with Crippen LogP contribution in [0, 0.1) is 12.8 Å². The minimum absolute atomic E-state index is 0.0372. The molecule has 3 rings (SSSR count). The summed E-state index contributed by atoms with van der Waals surface area (Å²) in [5.41, 5.74) is 2.73. The number of rotatable bonds is 7. The molecule has 1 N–H and O–H groups in total. The second kappa shape index (κ2) is 9.62. The average Bonchev–Trinajstić information content (AvgIpc) is 2.75. The summed E-state index contributed by atoms with van der Waals surface area (Å²) >= 11 is 0. The van der Waals surface area contributed by atoms with Gasteiger partial charge in [-0.3, -0.25) is 4.79 Å². The Balaban J connectivity index is 1.64. The van der Waals surface area contributed by atoms with E-state index < -0.39 is 10.0 Å². The van der Waals surface area contributed by atoms with Crippen LogP contribution >= 0.6 is 0 Å². The fourth-order valence-corrected chi connectivity index (χ4v) is 5.35. The number of piperidine rings is 1. The number of sulfonamides is 1. The molecule has 1 saturated heterocycles. The summed E-state index contributed by atoms with van der Waals surface area (Å²) in [4.78, 5) is 13.0. The predicted molar refractivity (Wildman–Crippen MR) is 118 cm³/mol. The van der Waals surface area contributed by atoms with Gasteiger partial charge in [-0.25, -0.2) is 8.42 Å². The number of amides is 1. The Morgan fingerprint density at radius 1 is 1.13 bits per heavy atom. The fraction of sp³-hybridized carbons (Fsp3) is 0.435. The van der Waals surface area contributed by atoms with E-state index in [1.54, 1.807) is 18.2 Å². The van der Waals surface area contributed by atoms with Crippen molar-refractivity contribution in [2.24, 2.45) is 5.92 Å². The van der Waals surface area contributed by atoms with Crippen molar-refractivity contribution in [1.82, 2.24) is 4.31 Å². The number of nitrogens with one attached hydrogen (secondary N) is 1. The van der Waals surface area contributed by atoms with Gasteiger partial charge in [-0.15, -0.1) is 0 Å². The van der Waals surface area contributed by atoms with Gasteiger partial charge in [0.25, 0.3) is 0 Å². The lowest BCUT2D eigenvalue weighted by Crippen LogP contribution is -2.41. The number of para-hydroxylation sites is 1. The van der Waals surface area contributed by atoms with E-state index in [0.717, 1.165) is 23.2 Å². The molecule has 30 heavy (non-hydrogen) atoms. The summed E-state index contributed by atoms with van der Waals surface area (Å²) < 4.78 is 33.1. The van der Waals surface area contributed by atoms with Gasteiger partial charge in [-0.2, -0.15) is 4.31 Å². The number of anilines is 1. The topological polar surface area (TPSA) is 75.7 Å². The normalized spacial score (nSPS) is 15.7. The van der Waals surface area contributed by atoms with E-state index >= 15 is 0 Å². The van der Waals surface area contributed by atoms with Gasteiger partial charge in [-0.1, -0.05) is 25.1 Å². The molecule has 6 nitrogen and oxygen atoms in total. The van der Waals surface area contributed by atoms with Crippen LogP contribution in [0.1, 0.15) is 37.8 Å². The third kappa shape index (κ3) is 4.84. The SMILES string of the molecule is CCOc1ccc(S(=O)(=O)N2CCC(C(=O)Nc3ccccc3CC)CC2)cc1C. The van der Waals surface area contributed by atoms with Crippen LogP contribution in [0.3, 0.4) is 0 Å². The highest BCUT2D eigenvalue weighted by Crippen LogP contribution is 2.28. The lowest BCUT2D eigenvalue weighted by molar-refractivity contribution is -0.120. The van der Waals surface area contributed by atoms with E-state index in [1.807, 2.05) is 38.1 Å². The third-order valence-electron chi connectivity index (χ3n) is 5.56. The van der Waals surface area contributed by atoms with Gasteiger partial charge in [-0.05, 0) is 68.5 Å². The zero-order chi connectivity index (χ0) is 21.7. The van der Waals surface area contributed by atoms with Crippen molar-refractivity contribution >= 4 is 21.6 Å². The van der Waals surface area contributed by atoms with E-state index in [0.29, 0.717) is 38.3 Å². The molecule has 1 amide bonds. The zero-order valence-corrected chi connectivity index (χ0v) is 18.7. The molecule has 1 fully saturated rings. The lowest BCUT2D eigenvalue weighted by atomic mass is 9.97. The summed E-state index contributed by atoms with van der Waals surface area (Å²) in [6, 6.07) is 12.7. The van der Waals surface area contributed by atoms with Crippen molar-refractivity contribution in [2.45, 2.75) is 44.9 Å². The molecule has 0 bridgehead atoms. The first kappa shape index (κ1) is 22.3. The Kier molecular flexibility index (Phi) is 7.15. The van der Waals surface area contributed by atoms with Crippen LogP contribution in [0.2, 0.25) is 0 Å². The predicted octanol–water partition coefficient (Wildman–Crippen LogP) is 4.00. The van der Waals surface area contributed by atoms with E-state index in [1.165, 1.54) is 4.31 Å². The summed E-state index contributed by atoms with van der Waals surface area (Å²) in [5, 5.41) is 3.02. The molecule has 0 aliphatic carbocycles. The van der Waals surface area contributed by atoms with Gasteiger partial charge in [0, 0.05) is 24.7 Å². The number of benzene rings is 2. The van der Waals surface area contributed by atoms with Crippen molar-refractivity contribution < 1.29 is 17.9 Å². The second-order valence-corrected chi connectivity index (χ2v) is 9.48. The molecule has 0 spiro atoms. The van der Waals surface area contributed by atoms with Crippen molar-refractivity contribution in [2.75, 3.05) is 25.0 Å². The molecule has 0 radical (unpaired) electrons. The van der Waals surface area contributed by atoms with Gasteiger partial charge in [0.05, 0.1) is 11.5 Å². The Morgan fingerprint density at radius 2 is 1.83 bits per heavy atom. The van der Waals surface area contributed by atoms with Gasteiger partial charge < -0.3 is 10.1 Å². The third-order valence-corrected chi connectivity index (χ3v) is 7.46. The fourth-order valence-electron chi connectivity index (χ4n) is 3.79. The maximum atomic E-state index is 13.0. The van der Waals surface area contributed by atoms with Crippen molar-refractivity contribution in [3.63, 3.8) is 0 Å². The molecule has 0 unspecified atom stereocenters. The molecular formula is C23H30N2O4S. The van der Waals surface area contributed by atoms with Gasteiger partial charge >= 0.3 is 0 Å². The molecule has 0 atom stereocenters. The first-order chi connectivity index (χ1) is 14.4. The molecule has 2 aromatic rings. The number of carbonyl (C=O) groups is 1. The quantitative estimate of drug-likeness (QED) is 0.721. The van der Waals surface area contributed by atoms with Gasteiger partial charge in [0.2, 0.25) is 15.9 Å². The summed E-state index contributed by atoms with van der Waals surface area (Å²) in [7, 11) is -3.59. The van der Waals surface area contributed by atoms with E-state index in [2.05, 4.69) is 12.2 Å². The minimum Gasteiger partial charge on any atom is -0.494 e.